The van der Waals surface area contributed by atoms with E-state index in [2.05, 4.69) is 16.9 Å². The van der Waals surface area contributed by atoms with Gasteiger partial charge < -0.3 is 9.80 Å². The molecule has 1 aromatic heterocycles. The average molecular weight is 404 g/mol. The molecular formula is C20H22ClN3O2S+2. The number of halogens is 1. The van der Waals surface area contributed by atoms with Crippen LogP contribution in [0, 0.1) is 0 Å². The van der Waals surface area contributed by atoms with E-state index >= 15 is 0 Å². The highest BCUT2D eigenvalue weighted by molar-refractivity contribution is 7.91. The van der Waals surface area contributed by atoms with Crippen molar-refractivity contribution in [1.82, 2.24) is 0 Å². The van der Waals surface area contributed by atoms with Gasteiger partial charge in [-0.25, -0.2) is 13.4 Å². The van der Waals surface area contributed by atoms with Gasteiger partial charge in [-0.1, -0.05) is 23.7 Å². The Bertz CT molecular complexity index is 1080. The van der Waals surface area contributed by atoms with Crippen molar-refractivity contribution in [3.8, 4) is 0 Å². The van der Waals surface area contributed by atoms with Crippen molar-refractivity contribution in [2.24, 2.45) is 0 Å². The van der Waals surface area contributed by atoms with Gasteiger partial charge in [-0.3, -0.25) is 0 Å². The molecule has 7 heteroatoms. The van der Waals surface area contributed by atoms with Gasteiger partial charge in [0.2, 0.25) is 15.4 Å². The van der Waals surface area contributed by atoms with Crippen molar-refractivity contribution in [2.75, 3.05) is 38.1 Å². The quantitative estimate of drug-likeness (QED) is 0.720. The van der Waals surface area contributed by atoms with Crippen LogP contribution in [0.15, 0.2) is 64.5 Å². The van der Waals surface area contributed by atoms with Gasteiger partial charge in [0.25, 0.3) is 0 Å². The standard InChI is InChI=1S/C20H20ClN3O2S/c1-23-10-12-24(13-11-23)20-17-4-2-3-5-18(17)22-14-19(20)27(25,26)16-8-6-15(21)7-9-16/h2-9,14H,10-13H2,1H3/p+2. The first-order chi connectivity index (χ1) is 13.0. The number of nitrogens with zero attached hydrogens (tertiary/aromatic N) is 1. The Morgan fingerprint density at radius 2 is 1.70 bits per heavy atom. The Labute approximate surface area is 164 Å². The van der Waals surface area contributed by atoms with Crippen LogP contribution in [0.5, 0.6) is 0 Å². The van der Waals surface area contributed by atoms with E-state index in [9.17, 15) is 8.42 Å². The second kappa shape index (κ2) is 7.11. The van der Waals surface area contributed by atoms with Gasteiger partial charge in [0.05, 0.1) is 49.2 Å². The Morgan fingerprint density at radius 1 is 1.04 bits per heavy atom. The average Bonchev–Trinajstić information content (AvgIpc) is 2.68. The first-order valence-electron chi connectivity index (χ1n) is 8.97. The number of pyridine rings is 1. The first kappa shape index (κ1) is 18.2. The second-order valence-electron chi connectivity index (χ2n) is 6.95. The van der Waals surface area contributed by atoms with Gasteiger partial charge in [0.1, 0.15) is 0 Å². The number of fused-ring (bicyclic) bond motifs is 1. The van der Waals surface area contributed by atoms with Crippen molar-refractivity contribution in [3.05, 3.63) is 59.8 Å². The molecule has 0 bridgehead atoms. The Kier molecular flexibility index (Phi) is 4.80. The lowest BCUT2D eigenvalue weighted by Gasteiger charge is -2.32. The number of rotatable bonds is 3. The molecule has 1 aliphatic heterocycles. The van der Waals surface area contributed by atoms with E-state index in [0.717, 1.165) is 42.8 Å². The maximum absolute atomic E-state index is 13.4. The summed E-state index contributed by atoms with van der Waals surface area (Å²) in [7, 11) is -1.51. The summed E-state index contributed by atoms with van der Waals surface area (Å²) in [5.41, 5.74) is 1.71. The number of likely N-dealkylation sites (N-methyl/N-ethyl adjacent to an activating group) is 1. The Balaban J connectivity index is 1.92. The fraction of sp³-hybridized carbons (Fsp3) is 0.250. The van der Waals surface area contributed by atoms with Gasteiger partial charge in [0, 0.05) is 11.1 Å². The summed E-state index contributed by atoms with van der Waals surface area (Å²) in [4.78, 5) is 7.37. The molecule has 0 saturated carbocycles. The summed E-state index contributed by atoms with van der Waals surface area (Å²) in [6.45, 7) is 3.60. The van der Waals surface area contributed by atoms with Gasteiger partial charge in [0.15, 0.2) is 11.1 Å². The fourth-order valence-corrected chi connectivity index (χ4v) is 5.13. The number of anilines is 1. The SMILES string of the molecule is C[NH+]1CCN(c2c(S(=O)(=O)c3ccc(Cl)cc3)c[nH+]c3ccccc23)CC1. The van der Waals surface area contributed by atoms with Gasteiger partial charge in [-0.15, -0.1) is 0 Å². The van der Waals surface area contributed by atoms with Crippen LogP contribution < -0.4 is 14.8 Å². The Morgan fingerprint density at radius 3 is 2.41 bits per heavy atom. The number of nitrogens with one attached hydrogen (secondary N) is 2. The molecule has 0 atom stereocenters. The van der Waals surface area contributed by atoms with Crippen LogP contribution in [0.25, 0.3) is 10.9 Å². The van der Waals surface area contributed by atoms with E-state index in [1.807, 2.05) is 24.3 Å². The molecular weight excluding hydrogens is 382 g/mol. The molecule has 0 radical (unpaired) electrons. The smallest absolute Gasteiger partial charge is 0.214 e. The highest BCUT2D eigenvalue weighted by atomic mass is 35.5. The van der Waals surface area contributed by atoms with Crippen LogP contribution in [0.2, 0.25) is 5.02 Å². The minimum atomic E-state index is -3.68. The van der Waals surface area contributed by atoms with Crippen molar-refractivity contribution in [3.63, 3.8) is 0 Å². The van der Waals surface area contributed by atoms with Crippen LogP contribution in [-0.4, -0.2) is 41.6 Å². The van der Waals surface area contributed by atoms with Crippen molar-refractivity contribution < 1.29 is 18.3 Å². The molecule has 1 aliphatic rings. The molecule has 1 saturated heterocycles. The normalized spacial score (nSPS) is 16.0. The zero-order valence-electron chi connectivity index (χ0n) is 15.1. The van der Waals surface area contributed by atoms with E-state index in [1.165, 1.54) is 4.90 Å². The largest absolute Gasteiger partial charge is 0.358 e. The fourth-order valence-electron chi connectivity index (χ4n) is 3.54. The summed E-state index contributed by atoms with van der Waals surface area (Å²) in [5.74, 6) is 0. The van der Waals surface area contributed by atoms with Crippen molar-refractivity contribution in [1.29, 1.82) is 0 Å². The highest BCUT2D eigenvalue weighted by Crippen LogP contribution is 2.34. The van der Waals surface area contributed by atoms with E-state index in [1.54, 1.807) is 30.5 Å². The van der Waals surface area contributed by atoms with Crippen LogP contribution in [0.3, 0.4) is 0 Å². The summed E-state index contributed by atoms with van der Waals surface area (Å²) >= 11 is 5.94. The molecule has 2 N–H and O–H groups in total. The highest BCUT2D eigenvalue weighted by Gasteiger charge is 2.31. The lowest BCUT2D eigenvalue weighted by Crippen LogP contribution is -3.12. The third kappa shape index (κ3) is 3.40. The van der Waals surface area contributed by atoms with E-state index in [-0.39, 0.29) is 4.90 Å². The number of benzene rings is 2. The Hall–Kier alpha value is -2.15. The molecule has 5 nitrogen and oxygen atoms in total. The van der Waals surface area contributed by atoms with Crippen molar-refractivity contribution in [2.45, 2.75) is 9.79 Å². The number of para-hydroxylation sites is 1. The molecule has 1 fully saturated rings. The van der Waals surface area contributed by atoms with Crippen LogP contribution in [0.4, 0.5) is 5.69 Å². The molecule has 2 heterocycles. The minimum absolute atomic E-state index is 0.247. The van der Waals surface area contributed by atoms with Crippen LogP contribution in [-0.2, 0) is 9.84 Å². The number of aromatic nitrogens is 1. The number of sulfone groups is 1. The zero-order valence-corrected chi connectivity index (χ0v) is 16.6. The number of hydrogen-bond acceptors (Lipinski definition) is 3. The van der Waals surface area contributed by atoms with Crippen molar-refractivity contribution >= 4 is 38.0 Å². The number of aromatic amines is 1. The molecule has 27 heavy (non-hydrogen) atoms. The second-order valence-corrected chi connectivity index (χ2v) is 9.30. The van der Waals surface area contributed by atoms with E-state index in [0.29, 0.717) is 9.92 Å². The zero-order chi connectivity index (χ0) is 19.0. The molecule has 2 aromatic carbocycles. The third-order valence-electron chi connectivity index (χ3n) is 5.12. The van der Waals surface area contributed by atoms with Gasteiger partial charge in [-0.05, 0) is 30.3 Å². The summed E-state index contributed by atoms with van der Waals surface area (Å²) in [6.07, 6.45) is 1.62. The number of hydrogen-bond donors (Lipinski definition) is 1. The number of piperazine rings is 1. The van der Waals surface area contributed by atoms with E-state index in [4.69, 9.17) is 11.6 Å². The topological polar surface area (TPSA) is 56.0 Å². The third-order valence-corrected chi connectivity index (χ3v) is 7.16. The predicted octanol–water partition coefficient (Wildman–Crippen LogP) is 1.47. The maximum atomic E-state index is 13.4. The van der Waals surface area contributed by atoms with Gasteiger partial charge in [-0.2, -0.15) is 0 Å². The number of H-pyrrole nitrogens is 1. The molecule has 0 spiro atoms. The summed E-state index contributed by atoms with van der Waals surface area (Å²) < 4.78 is 26.8. The monoisotopic (exact) mass is 403 g/mol. The molecule has 140 valence electrons. The lowest BCUT2D eigenvalue weighted by atomic mass is 10.1. The molecule has 4 rings (SSSR count). The van der Waals surface area contributed by atoms with Crippen LogP contribution in [0.1, 0.15) is 0 Å². The molecule has 0 amide bonds. The summed E-state index contributed by atoms with van der Waals surface area (Å²) in [6, 6.07) is 14.2. The first-order valence-corrected chi connectivity index (χ1v) is 10.8. The minimum Gasteiger partial charge on any atom is -0.358 e. The predicted molar refractivity (Wildman–Crippen MR) is 106 cm³/mol. The summed E-state index contributed by atoms with van der Waals surface area (Å²) in [5, 5.41) is 1.44. The van der Waals surface area contributed by atoms with Gasteiger partial charge >= 0.3 is 0 Å². The molecule has 0 unspecified atom stereocenters. The molecule has 0 aliphatic carbocycles. The van der Waals surface area contributed by atoms with E-state index < -0.39 is 9.84 Å². The number of quaternary nitrogens is 1. The molecule has 3 aromatic rings. The lowest BCUT2D eigenvalue weighted by molar-refractivity contribution is -0.880. The maximum Gasteiger partial charge on any atom is 0.214 e. The van der Waals surface area contributed by atoms with Crippen LogP contribution >= 0.6 is 11.6 Å².